The second kappa shape index (κ2) is 5.62. The van der Waals surface area contributed by atoms with Crippen molar-refractivity contribution in [3.8, 4) is 0 Å². The van der Waals surface area contributed by atoms with Crippen molar-refractivity contribution in [2.24, 2.45) is 0 Å². The van der Waals surface area contributed by atoms with E-state index in [2.05, 4.69) is 37.7 Å². The third-order valence-corrected chi connectivity index (χ3v) is 3.35. The molecule has 2 rings (SSSR count). The molecule has 0 saturated carbocycles. The molecule has 0 atom stereocenters. The van der Waals surface area contributed by atoms with Crippen molar-refractivity contribution in [3.63, 3.8) is 0 Å². The van der Waals surface area contributed by atoms with Gasteiger partial charge in [-0.2, -0.15) is 0 Å². The van der Waals surface area contributed by atoms with Crippen LogP contribution >= 0.6 is 15.9 Å². The first kappa shape index (κ1) is 11.8. The number of halogens is 1. The van der Waals surface area contributed by atoms with Gasteiger partial charge in [0, 0.05) is 29.7 Å². The van der Waals surface area contributed by atoms with Gasteiger partial charge in [-0.15, -0.1) is 0 Å². The Morgan fingerprint density at radius 3 is 2.94 bits per heavy atom. The average molecular weight is 284 g/mol. The predicted octanol–water partition coefficient (Wildman–Crippen LogP) is 2.58. The molecule has 4 heteroatoms. The van der Waals surface area contributed by atoms with Crippen molar-refractivity contribution >= 4 is 21.7 Å². The van der Waals surface area contributed by atoms with Crippen molar-refractivity contribution in [2.75, 3.05) is 23.3 Å². The maximum Gasteiger partial charge on any atom is 0.135 e. The van der Waals surface area contributed by atoms with Gasteiger partial charge in [-0.3, -0.25) is 0 Å². The molecule has 0 aromatic carbocycles. The molecule has 0 spiro atoms. The van der Waals surface area contributed by atoms with E-state index in [9.17, 15) is 0 Å². The molecule has 88 valence electrons. The van der Waals surface area contributed by atoms with Gasteiger partial charge < -0.3 is 4.90 Å². The Morgan fingerprint density at radius 2 is 2.19 bits per heavy atom. The predicted molar refractivity (Wildman–Crippen MR) is 70.4 cm³/mol. The summed E-state index contributed by atoms with van der Waals surface area (Å²) in [7, 11) is 0. The van der Waals surface area contributed by atoms with Gasteiger partial charge in [0.05, 0.1) is 0 Å². The van der Waals surface area contributed by atoms with Crippen LogP contribution in [0.2, 0.25) is 0 Å². The van der Waals surface area contributed by atoms with Gasteiger partial charge in [0.15, 0.2) is 0 Å². The van der Waals surface area contributed by atoms with Crippen LogP contribution in [0.15, 0.2) is 6.33 Å². The third kappa shape index (κ3) is 2.37. The van der Waals surface area contributed by atoms with Crippen LogP contribution < -0.4 is 4.90 Å². The number of nitrogens with zero attached hydrogens (tertiary/aromatic N) is 3. The molecular weight excluding hydrogens is 266 g/mol. The van der Waals surface area contributed by atoms with Crippen LogP contribution in [0.25, 0.3) is 0 Å². The van der Waals surface area contributed by atoms with Crippen LogP contribution in [-0.2, 0) is 12.8 Å². The van der Waals surface area contributed by atoms with Gasteiger partial charge in [-0.25, -0.2) is 9.97 Å². The van der Waals surface area contributed by atoms with Gasteiger partial charge in [0.25, 0.3) is 0 Å². The number of anilines is 1. The van der Waals surface area contributed by atoms with Gasteiger partial charge in [0.1, 0.15) is 12.1 Å². The Kier molecular flexibility index (Phi) is 4.16. The monoisotopic (exact) mass is 283 g/mol. The van der Waals surface area contributed by atoms with Crippen LogP contribution in [0.3, 0.4) is 0 Å². The Bertz CT molecular complexity index is 348. The van der Waals surface area contributed by atoms with Crippen LogP contribution in [0.5, 0.6) is 0 Å². The molecule has 0 radical (unpaired) electrons. The molecule has 1 aromatic heterocycles. The van der Waals surface area contributed by atoms with Gasteiger partial charge in [0.2, 0.25) is 0 Å². The quantitative estimate of drug-likeness (QED) is 0.778. The second-order valence-corrected chi connectivity index (χ2v) is 4.95. The lowest BCUT2D eigenvalue weighted by atomic mass is 10.2. The van der Waals surface area contributed by atoms with Gasteiger partial charge in [-0.05, 0) is 25.7 Å². The standard InChI is InChI=1S/C12H18BrN3/c1-2-7-16(8-6-13)12-10-4-3-5-11(10)14-9-15-12/h9H,2-8H2,1H3. The van der Waals surface area contributed by atoms with Crippen LogP contribution in [0.4, 0.5) is 5.82 Å². The van der Waals surface area contributed by atoms with E-state index in [1.165, 1.54) is 23.5 Å². The molecule has 0 saturated heterocycles. The molecule has 3 nitrogen and oxygen atoms in total. The Labute approximate surface area is 105 Å². The molecule has 0 unspecified atom stereocenters. The lowest BCUT2D eigenvalue weighted by Gasteiger charge is -2.24. The number of fused-ring (bicyclic) bond motifs is 1. The summed E-state index contributed by atoms with van der Waals surface area (Å²) in [5, 5.41) is 0.992. The summed E-state index contributed by atoms with van der Waals surface area (Å²) in [5.74, 6) is 1.17. The average Bonchev–Trinajstić information content (AvgIpc) is 2.76. The van der Waals surface area contributed by atoms with Crippen molar-refractivity contribution in [3.05, 3.63) is 17.6 Å². The SMILES string of the molecule is CCCN(CCBr)c1ncnc2c1CCC2. The second-order valence-electron chi connectivity index (χ2n) is 4.15. The lowest BCUT2D eigenvalue weighted by molar-refractivity contribution is 0.774. The van der Waals surface area contributed by atoms with Crippen molar-refractivity contribution < 1.29 is 0 Å². The largest absolute Gasteiger partial charge is 0.355 e. The maximum absolute atomic E-state index is 4.48. The Hall–Kier alpha value is -0.640. The van der Waals surface area contributed by atoms with Gasteiger partial charge >= 0.3 is 0 Å². The minimum Gasteiger partial charge on any atom is -0.355 e. The van der Waals surface area contributed by atoms with Crippen molar-refractivity contribution in [1.82, 2.24) is 9.97 Å². The number of rotatable bonds is 5. The fourth-order valence-corrected chi connectivity index (χ4v) is 2.74. The van der Waals surface area contributed by atoms with Crippen molar-refractivity contribution in [1.29, 1.82) is 0 Å². The van der Waals surface area contributed by atoms with E-state index in [0.29, 0.717) is 0 Å². The molecule has 0 aliphatic heterocycles. The van der Waals surface area contributed by atoms with Crippen LogP contribution in [0, 0.1) is 0 Å². The van der Waals surface area contributed by atoms with E-state index in [0.717, 1.165) is 37.7 Å². The highest BCUT2D eigenvalue weighted by Gasteiger charge is 2.20. The first-order valence-electron chi connectivity index (χ1n) is 6.00. The molecule has 1 aliphatic carbocycles. The summed E-state index contributed by atoms with van der Waals surface area (Å²) >= 11 is 3.51. The highest BCUT2D eigenvalue weighted by atomic mass is 79.9. The summed E-state index contributed by atoms with van der Waals surface area (Å²) in [5.41, 5.74) is 2.65. The highest BCUT2D eigenvalue weighted by molar-refractivity contribution is 9.09. The van der Waals surface area contributed by atoms with Crippen molar-refractivity contribution in [2.45, 2.75) is 32.6 Å². The van der Waals surface area contributed by atoms with E-state index >= 15 is 0 Å². The molecule has 0 bridgehead atoms. The third-order valence-electron chi connectivity index (χ3n) is 3.00. The highest BCUT2D eigenvalue weighted by Crippen LogP contribution is 2.27. The van der Waals surface area contributed by atoms with E-state index in [1.807, 2.05) is 0 Å². The zero-order valence-electron chi connectivity index (χ0n) is 9.75. The maximum atomic E-state index is 4.48. The number of aromatic nitrogens is 2. The minimum atomic E-state index is 0.992. The zero-order valence-corrected chi connectivity index (χ0v) is 11.3. The van der Waals surface area contributed by atoms with Crippen LogP contribution in [-0.4, -0.2) is 28.4 Å². The molecule has 16 heavy (non-hydrogen) atoms. The topological polar surface area (TPSA) is 29.0 Å². The fraction of sp³-hybridized carbons (Fsp3) is 0.667. The molecule has 1 heterocycles. The molecule has 0 N–H and O–H groups in total. The fourth-order valence-electron chi connectivity index (χ4n) is 2.31. The number of alkyl halides is 1. The van der Waals surface area contributed by atoms with E-state index in [4.69, 9.17) is 0 Å². The molecule has 0 fully saturated rings. The Morgan fingerprint density at radius 1 is 1.31 bits per heavy atom. The summed E-state index contributed by atoms with van der Waals surface area (Å²) in [4.78, 5) is 11.2. The number of hydrogen-bond acceptors (Lipinski definition) is 3. The van der Waals surface area contributed by atoms with Crippen LogP contribution in [0.1, 0.15) is 31.0 Å². The molecular formula is C12H18BrN3. The minimum absolute atomic E-state index is 0.992. The first-order chi connectivity index (χ1) is 7.86. The summed E-state index contributed by atoms with van der Waals surface area (Å²) in [6.07, 6.45) is 6.38. The smallest absolute Gasteiger partial charge is 0.135 e. The molecule has 0 amide bonds. The van der Waals surface area contributed by atoms with E-state index < -0.39 is 0 Å². The number of hydrogen-bond donors (Lipinski definition) is 0. The lowest BCUT2D eigenvalue weighted by Crippen LogP contribution is -2.28. The summed E-state index contributed by atoms with van der Waals surface area (Å²) in [6.45, 7) is 4.31. The number of aryl methyl sites for hydroxylation is 1. The van der Waals surface area contributed by atoms with E-state index in [-0.39, 0.29) is 0 Å². The molecule has 1 aliphatic rings. The Balaban J connectivity index is 2.26. The summed E-state index contributed by atoms with van der Waals surface area (Å²) in [6, 6.07) is 0. The normalized spacial score (nSPS) is 13.9. The summed E-state index contributed by atoms with van der Waals surface area (Å²) < 4.78 is 0. The zero-order chi connectivity index (χ0) is 11.4. The first-order valence-corrected chi connectivity index (χ1v) is 7.12. The van der Waals surface area contributed by atoms with E-state index in [1.54, 1.807) is 6.33 Å². The molecule has 1 aromatic rings. The van der Waals surface area contributed by atoms with Gasteiger partial charge in [-0.1, -0.05) is 22.9 Å².